The van der Waals surface area contributed by atoms with Crippen LogP contribution < -0.4 is 10.6 Å². The average Bonchev–Trinajstić information content (AvgIpc) is 2.75. The van der Waals surface area contributed by atoms with Gasteiger partial charge in [-0.3, -0.25) is 4.79 Å². The average molecular weight is 261 g/mol. The van der Waals surface area contributed by atoms with Gasteiger partial charge in [0.1, 0.15) is 11.6 Å². The van der Waals surface area contributed by atoms with Gasteiger partial charge in [0.25, 0.3) is 5.91 Å². The van der Waals surface area contributed by atoms with E-state index in [9.17, 15) is 4.79 Å². The first-order chi connectivity index (χ1) is 9.04. The Morgan fingerprint density at radius 2 is 2.05 bits per heavy atom. The quantitative estimate of drug-likeness (QED) is 0.872. The van der Waals surface area contributed by atoms with E-state index in [0.717, 1.165) is 0 Å². The van der Waals surface area contributed by atoms with E-state index in [1.807, 2.05) is 13.8 Å². The molecule has 0 aliphatic rings. The predicted octanol–water partition coefficient (Wildman–Crippen LogP) is 1.85. The smallest absolute Gasteiger partial charge is 0.277 e. The van der Waals surface area contributed by atoms with Crippen molar-refractivity contribution in [1.29, 1.82) is 0 Å². The van der Waals surface area contributed by atoms with Crippen molar-refractivity contribution in [2.45, 2.75) is 26.8 Å². The van der Waals surface area contributed by atoms with Gasteiger partial charge < -0.3 is 15.2 Å². The second kappa shape index (κ2) is 5.47. The minimum absolute atomic E-state index is 0.218. The lowest BCUT2D eigenvalue weighted by Crippen LogP contribution is -2.16. The van der Waals surface area contributed by atoms with Crippen LogP contribution in [0.1, 0.15) is 30.1 Å². The van der Waals surface area contributed by atoms with Crippen molar-refractivity contribution in [3.8, 4) is 0 Å². The summed E-state index contributed by atoms with van der Waals surface area (Å²) in [5, 5.41) is 17.1. The largest absolute Gasteiger partial charge is 0.366 e. The number of aromatic nitrogens is 3. The molecule has 0 fully saturated rings. The van der Waals surface area contributed by atoms with Gasteiger partial charge in [-0.2, -0.15) is 0 Å². The highest BCUT2D eigenvalue weighted by Gasteiger charge is 2.11. The molecule has 0 saturated heterocycles. The first-order valence-corrected chi connectivity index (χ1v) is 5.89. The molecule has 2 aromatic heterocycles. The van der Waals surface area contributed by atoms with Gasteiger partial charge in [0, 0.05) is 12.1 Å². The normalized spacial score (nSPS) is 10.5. The monoisotopic (exact) mass is 261 g/mol. The molecule has 0 unspecified atom stereocenters. The van der Waals surface area contributed by atoms with Gasteiger partial charge >= 0.3 is 0 Å². The Morgan fingerprint density at radius 1 is 1.26 bits per heavy atom. The van der Waals surface area contributed by atoms with Crippen LogP contribution >= 0.6 is 0 Å². The Bertz CT molecular complexity index is 562. The molecule has 2 heterocycles. The van der Waals surface area contributed by atoms with Crippen LogP contribution in [0.25, 0.3) is 0 Å². The van der Waals surface area contributed by atoms with E-state index in [1.54, 1.807) is 25.1 Å². The van der Waals surface area contributed by atoms with E-state index in [2.05, 4.69) is 26.0 Å². The lowest BCUT2D eigenvalue weighted by atomic mass is 10.3. The van der Waals surface area contributed by atoms with Crippen molar-refractivity contribution in [2.75, 3.05) is 10.6 Å². The Kier molecular flexibility index (Phi) is 3.74. The predicted molar refractivity (Wildman–Crippen MR) is 70.0 cm³/mol. The van der Waals surface area contributed by atoms with E-state index in [0.29, 0.717) is 17.4 Å². The summed E-state index contributed by atoms with van der Waals surface area (Å²) in [5.74, 6) is 1.23. The zero-order valence-electron chi connectivity index (χ0n) is 11.0. The number of amides is 1. The molecule has 100 valence electrons. The second-order valence-corrected chi connectivity index (χ2v) is 4.38. The lowest BCUT2D eigenvalue weighted by Gasteiger charge is -2.07. The van der Waals surface area contributed by atoms with E-state index >= 15 is 0 Å². The molecule has 7 heteroatoms. The molecule has 2 N–H and O–H groups in total. The zero-order valence-corrected chi connectivity index (χ0v) is 11.0. The van der Waals surface area contributed by atoms with Crippen molar-refractivity contribution in [3.05, 3.63) is 29.7 Å². The van der Waals surface area contributed by atoms with Crippen molar-refractivity contribution >= 4 is 17.5 Å². The van der Waals surface area contributed by atoms with Crippen LogP contribution in [0.15, 0.2) is 22.7 Å². The molecule has 1 amide bonds. The van der Waals surface area contributed by atoms with Crippen molar-refractivity contribution < 1.29 is 9.32 Å². The highest BCUT2D eigenvalue weighted by Crippen LogP contribution is 2.09. The molecule has 2 aromatic rings. The van der Waals surface area contributed by atoms with Gasteiger partial charge in [-0.25, -0.2) is 0 Å². The highest BCUT2D eigenvalue weighted by atomic mass is 16.5. The van der Waals surface area contributed by atoms with Crippen LogP contribution in [-0.4, -0.2) is 27.3 Å². The molecule has 0 bridgehead atoms. The fourth-order valence-electron chi connectivity index (χ4n) is 1.43. The molecular weight excluding hydrogens is 246 g/mol. The summed E-state index contributed by atoms with van der Waals surface area (Å²) in [7, 11) is 0. The maximum absolute atomic E-state index is 11.8. The van der Waals surface area contributed by atoms with Crippen LogP contribution in [0.3, 0.4) is 0 Å². The van der Waals surface area contributed by atoms with Gasteiger partial charge in [0.05, 0.1) is 0 Å². The molecule has 0 atom stereocenters. The molecular formula is C12H15N5O2. The molecule has 0 aliphatic heterocycles. The molecule has 0 aliphatic carbocycles. The van der Waals surface area contributed by atoms with Crippen LogP contribution in [0.4, 0.5) is 11.6 Å². The molecule has 19 heavy (non-hydrogen) atoms. The third-order valence-electron chi connectivity index (χ3n) is 2.20. The van der Waals surface area contributed by atoms with Crippen LogP contribution in [0.2, 0.25) is 0 Å². The number of anilines is 2. The third-order valence-corrected chi connectivity index (χ3v) is 2.20. The number of hydrogen-bond donors (Lipinski definition) is 2. The summed E-state index contributed by atoms with van der Waals surface area (Å²) in [6.07, 6.45) is 0. The first-order valence-electron chi connectivity index (χ1n) is 5.89. The van der Waals surface area contributed by atoms with Gasteiger partial charge in [-0.15, -0.1) is 10.2 Å². The molecule has 0 spiro atoms. The fourth-order valence-corrected chi connectivity index (χ4v) is 1.43. The minimum atomic E-state index is -0.378. The highest BCUT2D eigenvalue weighted by molar-refractivity contribution is 6.02. The zero-order chi connectivity index (χ0) is 13.8. The standard InChI is InChI=1S/C12H15N5O2/c1-7(2)13-10-5-4-9(15-16-10)12(18)14-11-6-8(3)19-17-11/h4-7H,1-3H3,(H,13,16)(H,14,17,18). The number of carbonyl (C=O) groups is 1. The Labute approximate surface area is 110 Å². The Hall–Kier alpha value is -2.44. The SMILES string of the molecule is Cc1cc(NC(=O)c2ccc(NC(C)C)nn2)no1. The number of hydrogen-bond acceptors (Lipinski definition) is 6. The van der Waals surface area contributed by atoms with E-state index in [-0.39, 0.29) is 17.6 Å². The summed E-state index contributed by atoms with van der Waals surface area (Å²) < 4.78 is 4.85. The summed E-state index contributed by atoms with van der Waals surface area (Å²) in [4.78, 5) is 11.8. The molecule has 0 saturated carbocycles. The van der Waals surface area contributed by atoms with Gasteiger partial charge in [0.15, 0.2) is 11.5 Å². The number of nitrogens with one attached hydrogen (secondary N) is 2. The Balaban J connectivity index is 2.03. The maximum atomic E-state index is 11.8. The molecule has 2 rings (SSSR count). The van der Waals surface area contributed by atoms with Gasteiger partial charge in [0.2, 0.25) is 0 Å². The van der Waals surface area contributed by atoms with Crippen molar-refractivity contribution in [2.24, 2.45) is 0 Å². The topological polar surface area (TPSA) is 92.9 Å². The number of aryl methyl sites for hydroxylation is 1. The molecule has 0 radical (unpaired) electrons. The maximum Gasteiger partial charge on any atom is 0.277 e. The van der Waals surface area contributed by atoms with Crippen molar-refractivity contribution in [3.63, 3.8) is 0 Å². The van der Waals surface area contributed by atoms with Crippen LogP contribution in [0, 0.1) is 6.92 Å². The van der Waals surface area contributed by atoms with Crippen LogP contribution in [-0.2, 0) is 0 Å². The third kappa shape index (κ3) is 3.51. The summed E-state index contributed by atoms with van der Waals surface area (Å²) in [6, 6.07) is 5.18. The second-order valence-electron chi connectivity index (χ2n) is 4.38. The first kappa shape index (κ1) is 13.0. The lowest BCUT2D eigenvalue weighted by molar-refractivity contribution is 0.102. The van der Waals surface area contributed by atoms with Crippen molar-refractivity contribution in [1.82, 2.24) is 15.4 Å². The minimum Gasteiger partial charge on any atom is -0.366 e. The van der Waals surface area contributed by atoms with Crippen LogP contribution in [0.5, 0.6) is 0 Å². The fraction of sp³-hybridized carbons (Fsp3) is 0.333. The molecule has 7 nitrogen and oxygen atoms in total. The molecule has 0 aromatic carbocycles. The van der Waals surface area contributed by atoms with Gasteiger partial charge in [-0.1, -0.05) is 5.16 Å². The Morgan fingerprint density at radius 3 is 2.58 bits per heavy atom. The summed E-state index contributed by atoms with van der Waals surface area (Å²) in [6.45, 7) is 5.74. The van der Waals surface area contributed by atoms with E-state index in [1.165, 1.54) is 0 Å². The van der Waals surface area contributed by atoms with E-state index in [4.69, 9.17) is 4.52 Å². The van der Waals surface area contributed by atoms with E-state index < -0.39 is 0 Å². The number of rotatable bonds is 4. The number of carbonyl (C=O) groups excluding carboxylic acids is 1. The summed E-state index contributed by atoms with van der Waals surface area (Å²) in [5.41, 5.74) is 0.218. The van der Waals surface area contributed by atoms with Gasteiger partial charge in [-0.05, 0) is 32.9 Å². The number of nitrogens with zero attached hydrogens (tertiary/aromatic N) is 3. The summed E-state index contributed by atoms with van der Waals surface area (Å²) >= 11 is 0.